The van der Waals surface area contributed by atoms with Crippen molar-refractivity contribution >= 4 is 23.4 Å². The Morgan fingerprint density at radius 1 is 0.839 bits per heavy atom. The summed E-state index contributed by atoms with van der Waals surface area (Å²) >= 11 is 0. The van der Waals surface area contributed by atoms with Gasteiger partial charge in [-0.1, -0.05) is 50.2 Å². The Balaban J connectivity index is 1.49. The number of aryl methyl sites for hydroxylation is 4. The summed E-state index contributed by atoms with van der Waals surface area (Å²) in [5, 5.41) is 12.0. The van der Waals surface area contributed by atoms with Gasteiger partial charge in [0.2, 0.25) is 0 Å². The number of hydrogen-bond acceptors (Lipinski definition) is 2. The minimum absolute atomic E-state index is 0.0605. The highest BCUT2D eigenvalue weighted by molar-refractivity contribution is 5.92. The van der Waals surface area contributed by atoms with E-state index in [4.69, 9.17) is 0 Å². The Morgan fingerprint density at radius 3 is 1.74 bits per heavy atom. The first kappa shape index (κ1) is 22.7. The van der Waals surface area contributed by atoms with Gasteiger partial charge in [-0.05, 0) is 67.7 Å². The van der Waals surface area contributed by atoms with Crippen molar-refractivity contribution in [2.24, 2.45) is 11.3 Å². The van der Waals surface area contributed by atoms with Crippen molar-refractivity contribution in [2.75, 3.05) is 17.2 Å². The van der Waals surface area contributed by atoms with Crippen LogP contribution in [0.4, 0.5) is 21.0 Å². The lowest BCUT2D eigenvalue weighted by molar-refractivity contribution is 0.0244. The van der Waals surface area contributed by atoms with Crippen molar-refractivity contribution in [1.29, 1.82) is 0 Å². The van der Waals surface area contributed by atoms with Gasteiger partial charge >= 0.3 is 12.1 Å². The number of benzene rings is 2. The van der Waals surface area contributed by atoms with E-state index in [0.29, 0.717) is 12.5 Å². The Morgan fingerprint density at radius 2 is 1.29 bits per heavy atom. The molecule has 2 aromatic carbocycles. The molecular formula is C25H34N4O2. The Kier molecular flexibility index (Phi) is 6.58. The first-order valence-electron chi connectivity index (χ1n) is 10.8. The van der Waals surface area contributed by atoms with E-state index in [-0.39, 0.29) is 23.5 Å². The first-order chi connectivity index (χ1) is 14.6. The van der Waals surface area contributed by atoms with Crippen LogP contribution in [0.3, 0.4) is 0 Å². The fourth-order valence-electron chi connectivity index (χ4n) is 4.31. The molecular weight excluding hydrogens is 388 g/mol. The van der Waals surface area contributed by atoms with Gasteiger partial charge in [0, 0.05) is 24.0 Å². The summed E-state index contributed by atoms with van der Waals surface area (Å²) in [5.74, 6) is 0.293. The van der Waals surface area contributed by atoms with Gasteiger partial charge in [-0.15, -0.1) is 0 Å². The molecule has 1 fully saturated rings. The van der Waals surface area contributed by atoms with Crippen LogP contribution in [0.15, 0.2) is 36.4 Å². The molecule has 0 unspecified atom stereocenters. The minimum Gasteiger partial charge on any atom is -0.338 e. The maximum absolute atomic E-state index is 12.5. The highest BCUT2D eigenvalue weighted by atomic mass is 16.2. The van der Waals surface area contributed by atoms with Crippen molar-refractivity contribution in [3.05, 3.63) is 58.7 Å². The van der Waals surface area contributed by atoms with E-state index in [1.165, 1.54) is 0 Å². The molecule has 0 bridgehead atoms. The third-order valence-corrected chi connectivity index (χ3v) is 6.72. The van der Waals surface area contributed by atoms with Crippen molar-refractivity contribution in [1.82, 2.24) is 10.6 Å². The van der Waals surface area contributed by atoms with Crippen molar-refractivity contribution in [3.63, 3.8) is 0 Å². The van der Waals surface area contributed by atoms with E-state index in [1.54, 1.807) is 0 Å². The van der Waals surface area contributed by atoms with Crippen LogP contribution in [-0.4, -0.2) is 24.6 Å². The van der Waals surface area contributed by atoms with Crippen LogP contribution >= 0.6 is 0 Å². The lowest BCUT2D eigenvalue weighted by atomic mass is 9.58. The first-order valence-corrected chi connectivity index (χ1v) is 10.8. The monoisotopic (exact) mass is 422 g/mol. The van der Waals surface area contributed by atoms with Crippen molar-refractivity contribution in [2.45, 2.75) is 54.0 Å². The number of rotatable bonds is 5. The summed E-state index contributed by atoms with van der Waals surface area (Å²) in [7, 11) is 0. The largest absolute Gasteiger partial charge is 0.338 e. The molecule has 31 heavy (non-hydrogen) atoms. The molecule has 166 valence electrons. The van der Waals surface area contributed by atoms with Crippen LogP contribution < -0.4 is 21.3 Å². The highest BCUT2D eigenvalue weighted by Crippen LogP contribution is 2.45. The molecule has 3 rings (SSSR count). The number of amides is 4. The lowest BCUT2D eigenvalue weighted by Crippen LogP contribution is -2.61. The smallest absolute Gasteiger partial charge is 0.319 e. The van der Waals surface area contributed by atoms with Gasteiger partial charge in [-0.25, -0.2) is 9.59 Å². The summed E-state index contributed by atoms with van der Waals surface area (Å²) in [5.41, 5.74) is 5.77. The number of hydrogen-bond donors (Lipinski definition) is 4. The summed E-state index contributed by atoms with van der Waals surface area (Å²) in [6.45, 7) is 12.8. The average molecular weight is 423 g/mol. The second kappa shape index (κ2) is 9.00. The number of anilines is 2. The van der Waals surface area contributed by atoms with Crippen molar-refractivity contribution < 1.29 is 9.59 Å². The number of carbonyl (C=O) groups is 2. The molecule has 0 saturated heterocycles. The Hall–Kier alpha value is -3.02. The summed E-state index contributed by atoms with van der Waals surface area (Å²) in [6.07, 6.45) is 0.830. The zero-order valence-electron chi connectivity index (χ0n) is 19.3. The molecule has 6 heteroatoms. The molecule has 1 aliphatic carbocycles. The van der Waals surface area contributed by atoms with E-state index in [1.807, 2.05) is 64.1 Å². The topological polar surface area (TPSA) is 82.3 Å². The maximum Gasteiger partial charge on any atom is 0.319 e. The zero-order valence-corrected chi connectivity index (χ0v) is 19.3. The van der Waals surface area contributed by atoms with Crippen LogP contribution in [0.2, 0.25) is 0 Å². The number of para-hydroxylation sites is 2. The second-order valence-electron chi connectivity index (χ2n) is 9.27. The molecule has 0 aliphatic heterocycles. The molecule has 0 radical (unpaired) electrons. The summed E-state index contributed by atoms with van der Waals surface area (Å²) in [6, 6.07) is 11.6. The minimum atomic E-state index is -0.197. The van der Waals surface area contributed by atoms with Gasteiger partial charge in [-0.2, -0.15) is 0 Å². The standard InChI is InChI=1S/C25H34N4O2/c1-15-9-7-10-16(2)21(15)28-23(30)26-14-19-13-20(25(19,5)6)27-24(31)29-22-17(3)11-8-12-18(22)4/h7-12,19-20H,13-14H2,1-6H3,(H2,26,28,30)(H2,27,29,31)/t19-,20+/m0/s1. The fourth-order valence-corrected chi connectivity index (χ4v) is 4.31. The Bertz CT molecular complexity index is 943. The molecule has 6 nitrogen and oxygen atoms in total. The van der Waals surface area contributed by atoms with Gasteiger partial charge in [0.1, 0.15) is 0 Å². The molecule has 4 amide bonds. The summed E-state index contributed by atoms with van der Waals surface area (Å²) < 4.78 is 0. The number of nitrogens with one attached hydrogen (secondary N) is 4. The molecule has 1 aliphatic rings. The molecule has 0 spiro atoms. The zero-order chi connectivity index (χ0) is 22.8. The fraction of sp³-hybridized carbons (Fsp3) is 0.440. The van der Waals surface area contributed by atoms with Crippen LogP contribution in [0.25, 0.3) is 0 Å². The SMILES string of the molecule is Cc1cccc(C)c1NC(=O)NC[C@@H]1C[C@@H](NC(=O)Nc2c(C)cccc2C)C1(C)C. The summed E-state index contributed by atoms with van der Waals surface area (Å²) in [4.78, 5) is 24.9. The van der Waals surface area contributed by atoms with Crippen LogP contribution in [0.1, 0.15) is 42.5 Å². The van der Waals surface area contributed by atoms with Gasteiger partial charge < -0.3 is 21.3 Å². The van der Waals surface area contributed by atoms with E-state index in [9.17, 15) is 9.59 Å². The van der Waals surface area contributed by atoms with Gasteiger partial charge in [-0.3, -0.25) is 0 Å². The molecule has 1 saturated carbocycles. The normalized spacial score (nSPS) is 19.2. The quantitative estimate of drug-likeness (QED) is 0.529. The average Bonchev–Trinajstić information content (AvgIpc) is 2.70. The van der Waals surface area contributed by atoms with E-state index in [0.717, 1.165) is 40.0 Å². The molecule has 2 aromatic rings. The van der Waals surface area contributed by atoms with E-state index in [2.05, 4.69) is 35.1 Å². The lowest BCUT2D eigenvalue weighted by Gasteiger charge is -2.52. The van der Waals surface area contributed by atoms with E-state index >= 15 is 0 Å². The van der Waals surface area contributed by atoms with Crippen LogP contribution in [-0.2, 0) is 0 Å². The van der Waals surface area contributed by atoms with Crippen molar-refractivity contribution in [3.8, 4) is 0 Å². The molecule has 0 heterocycles. The predicted octanol–water partition coefficient (Wildman–Crippen LogP) is 5.28. The predicted molar refractivity (Wildman–Crippen MR) is 127 cm³/mol. The maximum atomic E-state index is 12.5. The number of carbonyl (C=O) groups excluding carboxylic acids is 2. The number of urea groups is 2. The van der Waals surface area contributed by atoms with Crippen LogP contribution in [0.5, 0.6) is 0 Å². The third kappa shape index (κ3) is 5.01. The second-order valence-corrected chi connectivity index (χ2v) is 9.27. The molecule has 4 N–H and O–H groups in total. The highest BCUT2D eigenvalue weighted by Gasteiger charge is 2.48. The molecule has 2 atom stereocenters. The molecule has 0 aromatic heterocycles. The Labute approximate surface area is 185 Å². The van der Waals surface area contributed by atoms with Crippen LogP contribution in [0, 0.1) is 39.0 Å². The van der Waals surface area contributed by atoms with E-state index < -0.39 is 0 Å². The van der Waals surface area contributed by atoms with Gasteiger partial charge in [0.05, 0.1) is 0 Å². The van der Waals surface area contributed by atoms with Gasteiger partial charge in [0.15, 0.2) is 0 Å². The third-order valence-electron chi connectivity index (χ3n) is 6.72. The van der Waals surface area contributed by atoms with Gasteiger partial charge in [0.25, 0.3) is 0 Å².